The fourth-order valence-corrected chi connectivity index (χ4v) is 8.89. The average Bonchev–Trinajstić information content (AvgIpc) is 3.76. The molecule has 9 atom stereocenters. The van der Waals surface area contributed by atoms with Crippen molar-refractivity contribution in [2.24, 2.45) is 35.5 Å². The Labute approximate surface area is 371 Å². The van der Waals surface area contributed by atoms with Gasteiger partial charge in [-0.25, -0.2) is 4.79 Å². The van der Waals surface area contributed by atoms with Crippen LogP contribution in [-0.4, -0.2) is 112 Å². The number of methoxy groups -OCH3 is 3. The Morgan fingerprint density at radius 3 is 2.13 bits per heavy atom. The molecule has 2 aromatic carbocycles. The minimum atomic E-state index is -0.960. The van der Waals surface area contributed by atoms with E-state index in [2.05, 4.69) is 24.5 Å². The summed E-state index contributed by atoms with van der Waals surface area (Å²) < 4.78 is 22.6. The first-order valence-corrected chi connectivity index (χ1v) is 22.4. The molecule has 3 amide bonds. The molecular formula is C49H76N4O9. The van der Waals surface area contributed by atoms with Crippen molar-refractivity contribution in [1.82, 2.24) is 20.4 Å². The molecule has 1 heterocycles. The van der Waals surface area contributed by atoms with E-state index in [1.165, 1.54) is 7.11 Å². The van der Waals surface area contributed by atoms with E-state index in [9.17, 15) is 24.0 Å². The zero-order chi connectivity index (χ0) is 46.3. The van der Waals surface area contributed by atoms with Crippen LogP contribution < -0.4 is 20.1 Å². The summed E-state index contributed by atoms with van der Waals surface area (Å²) >= 11 is 0. The highest BCUT2D eigenvalue weighted by Crippen LogP contribution is 2.32. The average molecular weight is 865 g/mol. The van der Waals surface area contributed by atoms with E-state index in [1.807, 2.05) is 76.8 Å². The number of rotatable bonds is 25. The van der Waals surface area contributed by atoms with Gasteiger partial charge in [0, 0.05) is 63.1 Å². The van der Waals surface area contributed by atoms with Crippen molar-refractivity contribution in [2.75, 3.05) is 42.0 Å². The predicted molar refractivity (Wildman–Crippen MR) is 242 cm³/mol. The summed E-state index contributed by atoms with van der Waals surface area (Å²) in [4.78, 5) is 73.4. The molecule has 0 saturated carbocycles. The molecule has 0 spiro atoms. The zero-order valence-corrected chi connectivity index (χ0v) is 39.7. The first-order valence-electron chi connectivity index (χ1n) is 22.4. The molecule has 1 aliphatic heterocycles. The number of carbonyl (C=O) groups is 5. The molecule has 0 aromatic heterocycles. The number of likely N-dealkylation sites (N-methyl/N-ethyl adjacent to an activating group) is 2. The van der Waals surface area contributed by atoms with E-state index < -0.39 is 36.0 Å². The second-order valence-electron chi connectivity index (χ2n) is 17.8. The number of hydrogen-bond donors (Lipinski definition) is 2. The molecule has 3 rings (SSSR count). The van der Waals surface area contributed by atoms with E-state index in [0.717, 1.165) is 24.8 Å². The van der Waals surface area contributed by atoms with Gasteiger partial charge in [0.05, 0.1) is 38.8 Å². The van der Waals surface area contributed by atoms with E-state index in [4.69, 9.17) is 18.9 Å². The summed E-state index contributed by atoms with van der Waals surface area (Å²) in [7, 11) is 8.21. The number of amides is 3. The largest absolute Gasteiger partial charge is 0.497 e. The van der Waals surface area contributed by atoms with Crippen LogP contribution >= 0.6 is 0 Å². The van der Waals surface area contributed by atoms with Crippen molar-refractivity contribution < 1.29 is 42.9 Å². The van der Waals surface area contributed by atoms with Crippen molar-refractivity contribution in [3.8, 4) is 11.5 Å². The van der Waals surface area contributed by atoms with E-state index >= 15 is 0 Å². The van der Waals surface area contributed by atoms with Crippen LogP contribution in [0, 0.1) is 35.5 Å². The van der Waals surface area contributed by atoms with Gasteiger partial charge in [0.15, 0.2) is 5.78 Å². The number of nitrogens with one attached hydrogen (secondary N) is 2. The summed E-state index contributed by atoms with van der Waals surface area (Å²) in [5, 5.41) is 6.10. The minimum Gasteiger partial charge on any atom is -0.497 e. The number of carbonyl (C=O) groups excluding carboxylic acids is 5. The van der Waals surface area contributed by atoms with Gasteiger partial charge in [0.2, 0.25) is 17.7 Å². The highest BCUT2D eigenvalue weighted by Gasteiger charge is 2.42. The van der Waals surface area contributed by atoms with Gasteiger partial charge >= 0.3 is 5.97 Å². The Balaban J connectivity index is 1.77. The van der Waals surface area contributed by atoms with Crippen LogP contribution in [-0.2, 0) is 46.5 Å². The van der Waals surface area contributed by atoms with Gasteiger partial charge in [-0.1, -0.05) is 92.1 Å². The molecule has 346 valence electrons. The monoisotopic (exact) mass is 865 g/mol. The van der Waals surface area contributed by atoms with Crippen molar-refractivity contribution in [3.05, 3.63) is 59.7 Å². The Hall–Kier alpha value is -4.49. The number of esters is 1. The van der Waals surface area contributed by atoms with Crippen molar-refractivity contribution >= 4 is 29.5 Å². The normalized spacial score (nSPS) is 17.9. The Kier molecular flexibility index (Phi) is 20.9. The lowest BCUT2D eigenvalue weighted by atomic mass is 9.84. The Morgan fingerprint density at radius 2 is 1.56 bits per heavy atom. The summed E-state index contributed by atoms with van der Waals surface area (Å²) in [6, 6.07) is 12.8. The quantitative estimate of drug-likeness (QED) is 0.106. The van der Waals surface area contributed by atoms with Gasteiger partial charge < -0.3 is 39.4 Å². The molecule has 62 heavy (non-hydrogen) atoms. The number of ketones is 1. The predicted octanol–water partition coefficient (Wildman–Crippen LogP) is 6.49. The van der Waals surface area contributed by atoms with Gasteiger partial charge in [-0.2, -0.15) is 0 Å². The van der Waals surface area contributed by atoms with Crippen LogP contribution in [0.5, 0.6) is 11.5 Å². The fraction of sp³-hybridized carbons (Fsp3) is 0.653. The van der Waals surface area contributed by atoms with Crippen LogP contribution in [0.1, 0.15) is 98.6 Å². The minimum absolute atomic E-state index is 0.00305. The molecule has 13 nitrogen and oxygen atoms in total. The van der Waals surface area contributed by atoms with Gasteiger partial charge in [-0.3, -0.25) is 19.2 Å². The third-order valence-corrected chi connectivity index (χ3v) is 13.1. The second-order valence-corrected chi connectivity index (χ2v) is 17.8. The molecular weight excluding hydrogens is 789 g/mol. The maximum atomic E-state index is 14.3. The molecule has 13 heteroatoms. The van der Waals surface area contributed by atoms with Crippen molar-refractivity contribution in [2.45, 2.75) is 131 Å². The third kappa shape index (κ3) is 13.8. The summed E-state index contributed by atoms with van der Waals surface area (Å²) in [6.45, 7) is 16.3. The van der Waals surface area contributed by atoms with Gasteiger partial charge in [0.1, 0.15) is 24.1 Å². The number of ether oxygens (including phenoxy) is 4. The molecule has 2 aromatic rings. The number of hydrogen-bond acceptors (Lipinski definition) is 10. The van der Waals surface area contributed by atoms with Crippen LogP contribution in [0.3, 0.4) is 0 Å². The molecule has 0 bridgehead atoms. The van der Waals surface area contributed by atoms with Gasteiger partial charge in [-0.05, 0) is 61.3 Å². The number of likely N-dealkylation sites (tertiary alicyclic amines) is 1. The molecule has 1 fully saturated rings. The van der Waals surface area contributed by atoms with Crippen molar-refractivity contribution in [3.63, 3.8) is 0 Å². The summed E-state index contributed by atoms with van der Waals surface area (Å²) in [5.74, 6) is -1.30. The highest BCUT2D eigenvalue weighted by molar-refractivity contribution is 5.90. The maximum Gasteiger partial charge on any atom is 0.329 e. The molecule has 1 saturated heterocycles. The van der Waals surface area contributed by atoms with Crippen LogP contribution in [0.2, 0.25) is 0 Å². The van der Waals surface area contributed by atoms with Crippen LogP contribution in [0.15, 0.2) is 48.5 Å². The molecule has 0 aliphatic carbocycles. The SMILES string of the molecule is CC[C@H](C)[C@@H]([C@@H](CC(=O)N1CCC[C@H]1[C@H](C)[C@@H](C)C(=O)N[C@@H](Cc1ccccc1)C(=O)OCc1ccc(OC)cc1OC)OC)N(C)C(=O)[C@@H](CC(=O)[C@@H](NC)C(C)C)C(C)C. The topological polar surface area (TPSA) is 153 Å². The lowest BCUT2D eigenvalue weighted by Crippen LogP contribution is -2.54. The first kappa shape index (κ1) is 51.9. The smallest absolute Gasteiger partial charge is 0.329 e. The lowest BCUT2D eigenvalue weighted by molar-refractivity contribution is -0.150. The van der Waals surface area contributed by atoms with Crippen LogP contribution in [0.4, 0.5) is 0 Å². The standard InChI is InChI=1S/C49H76N4O9/c1-14-32(6)46(52(10)48(57)38(30(2)3)27-41(54)45(50-9)31(4)5)43(61-13)28-44(55)53-24-18-21-40(53)33(7)34(8)47(56)51-39(25-35-19-16-15-17-20-35)49(58)62-29-36-22-23-37(59-11)26-42(36)60-12/h15-17,19-20,22-23,26,30-34,38-40,43,45-46,50H,14,18,21,24-25,27-29H2,1-13H3,(H,51,56)/t32-,33+,34+,38-,39-,40-,43+,45-,46-/m0/s1. The third-order valence-electron chi connectivity index (χ3n) is 13.1. The highest BCUT2D eigenvalue weighted by atomic mass is 16.5. The van der Waals surface area contributed by atoms with E-state index in [1.54, 1.807) is 51.4 Å². The van der Waals surface area contributed by atoms with E-state index in [0.29, 0.717) is 23.6 Å². The van der Waals surface area contributed by atoms with Gasteiger partial charge in [0.25, 0.3) is 0 Å². The fourth-order valence-electron chi connectivity index (χ4n) is 8.89. The molecule has 0 unspecified atom stereocenters. The number of Topliss-reactive ketones (excluding diaryl/α,β-unsaturated/α-hetero) is 1. The molecule has 2 N–H and O–H groups in total. The Bertz CT molecular complexity index is 1750. The zero-order valence-electron chi connectivity index (χ0n) is 39.7. The summed E-state index contributed by atoms with van der Waals surface area (Å²) in [6.07, 6.45) is 2.07. The number of nitrogens with zero attached hydrogens (tertiary/aromatic N) is 2. The van der Waals surface area contributed by atoms with Crippen LogP contribution in [0.25, 0.3) is 0 Å². The maximum absolute atomic E-state index is 14.3. The van der Waals surface area contributed by atoms with Gasteiger partial charge in [-0.15, -0.1) is 0 Å². The number of benzene rings is 2. The first-order chi connectivity index (χ1) is 29.4. The lowest BCUT2D eigenvalue weighted by Gasteiger charge is -2.40. The second kappa shape index (κ2) is 25.0. The van der Waals surface area contributed by atoms with Crippen molar-refractivity contribution in [1.29, 1.82) is 0 Å². The molecule has 0 radical (unpaired) electrons. The summed E-state index contributed by atoms with van der Waals surface area (Å²) in [5.41, 5.74) is 1.52. The van der Waals surface area contributed by atoms with E-state index in [-0.39, 0.29) is 85.1 Å². The Morgan fingerprint density at radius 1 is 0.887 bits per heavy atom. The molecule has 1 aliphatic rings.